The van der Waals surface area contributed by atoms with Crippen LogP contribution in [0.5, 0.6) is 5.75 Å². The SMILES string of the molecule is Cc1ccc(/C=C2\COc3ccccc3C2=O)c(C)c1. The monoisotopic (exact) mass is 264 g/mol. The molecule has 0 unspecified atom stereocenters. The Kier molecular flexibility index (Phi) is 3.15. The van der Waals surface area contributed by atoms with Gasteiger partial charge in [0, 0.05) is 5.57 Å². The first-order valence-electron chi connectivity index (χ1n) is 6.69. The van der Waals surface area contributed by atoms with Gasteiger partial charge in [0.05, 0.1) is 5.56 Å². The Hall–Kier alpha value is -2.35. The van der Waals surface area contributed by atoms with Gasteiger partial charge < -0.3 is 4.74 Å². The Morgan fingerprint density at radius 2 is 1.90 bits per heavy atom. The highest BCUT2D eigenvalue weighted by molar-refractivity contribution is 6.14. The minimum atomic E-state index is 0.0619. The largest absolute Gasteiger partial charge is 0.488 e. The lowest BCUT2D eigenvalue weighted by Gasteiger charge is -2.18. The Balaban J connectivity index is 2.00. The van der Waals surface area contributed by atoms with Crippen molar-refractivity contribution in [2.45, 2.75) is 13.8 Å². The second-order valence-electron chi connectivity index (χ2n) is 5.14. The third-order valence-electron chi connectivity index (χ3n) is 3.56. The van der Waals surface area contributed by atoms with E-state index in [0.29, 0.717) is 23.5 Å². The number of rotatable bonds is 1. The molecule has 0 N–H and O–H groups in total. The number of fused-ring (bicyclic) bond motifs is 1. The summed E-state index contributed by atoms with van der Waals surface area (Å²) in [6, 6.07) is 13.6. The number of ketones is 1. The van der Waals surface area contributed by atoms with Crippen LogP contribution in [0.3, 0.4) is 0 Å². The van der Waals surface area contributed by atoms with Crippen molar-refractivity contribution in [1.29, 1.82) is 0 Å². The van der Waals surface area contributed by atoms with E-state index < -0.39 is 0 Å². The van der Waals surface area contributed by atoms with Crippen LogP contribution in [0.2, 0.25) is 0 Å². The van der Waals surface area contributed by atoms with Gasteiger partial charge in [0.2, 0.25) is 0 Å². The molecular weight excluding hydrogens is 248 g/mol. The summed E-state index contributed by atoms with van der Waals surface area (Å²) in [7, 11) is 0. The number of hydrogen-bond acceptors (Lipinski definition) is 2. The molecule has 0 aliphatic carbocycles. The molecule has 0 amide bonds. The highest BCUT2D eigenvalue weighted by atomic mass is 16.5. The van der Waals surface area contributed by atoms with Crippen LogP contribution in [0, 0.1) is 13.8 Å². The second kappa shape index (κ2) is 4.97. The number of carbonyl (C=O) groups excluding carboxylic acids is 1. The molecule has 1 aliphatic rings. The molecule has 0 aromatic heterocycles. The maximum absolute atomic E-state index is 12.5. The third kappa shape index (κ3) is 2.25. The van der Waals surface area contributed by atoms with E-state index in [1.165, 1.54) is 11.1 Å². The summed E-state index contributed by atoms with van der Waals surface area (Å²) in [5.41, 5.74) is 4.82. The quantitative estimate of drug-likeness (QED) is 0.729. The van der Waals surface area contributed by atoms with Crippen molar-refractivity contribution in [2.75, 3.05) is 6.61 Å². The average Bonchev–Trinajstić information content (AvgIpc) is 2.45. The van der Waals surface area contributed by atoms with Crippen molar-refractivity contribution < 1.29 is 9.53 Å². The van der Waals surface area contributed by atoms with Gasteiger partial charge in [0.1, 0.15) is 12.4 Å². The average molecular weight is 264 g/mol. The number of ether oxygens (including phenoxy) is 1. The molecule has 0 saturated heterocycles. The highest BCUT2D eigenvalue weighted by Crippen LogP contribution is 2.28. The lowest BCUT2D eigenvalue weighted by atomic mass is 9.96. The molecule has 0 saturated carbocycles. The molecule has 1 aliphatic heterocycles. The normalized spacial score (nSPS) is 15.9. The first-order chi connectivity index (χ1) is 9.65. The van der Waals surface area contributed by atoms with E-state index >= 15 is 0 Å². The smallest absolute Gasteiger partial charge is 0.196 e. The summed E-state index contributed by atoms with van der Waals surface area (Å²) in [5, 5.41) is 0. The molecule has 3 rings (SSSR count). The summed E-state index contributed by atoms with van der Waals surface area (Å²) in [4.78, 5) is 12.5. The van der Waals surface area contributed by atoms with Gasteiger partial charge in [0.15, 0.2) is 5.78 Å². The van der Waals surface area contributed by atoms with Gasteiger partial charge in [-0.2, -0.15) is 0 Å². The van der Waals surface area contributed by atoms with E-state index in [-0.39, 0.29) is 5.78 Å². The van der Waals surface area contributed by atoms with Gasteiger partial charge in [-0.1, -0.05) is 35.9 Å². The van der Waals surface area contributed by atoms with Crippen LogP contribution in [-0.2, 0) is 0 Å². The molecule has 0 radical (unpaired) electrons. The van der Waals surface area contributed by atoms with Crippen LogP contribution in [-0.4, -0.2) is 12.4 Å². The minimum absolute atomic E-state index is 0.0619. The number of para-hydroxylation sites is 1. The third-order valence-corrected chi connectivity index (χ3v) is 3.56. The van der Waals surface area contributed by atoms with Gasteiger partial charge >= 0.3 is 0 Å². The number of carbonyl (C=O) groups is 1. The predicted molar refractivity (Wildman–Crippen MR) is 80.2 cm³/mol. The Morgan fingerprint density at radius 3 is 2.70 bits per heavy atom. The van der Waals surface area contributed by atoms with E-state index in [1.807, 2.05) is 36.4 Å². The maximum Gasteiger partial charge on any atom is 0.196 e. The number of Topliss-reactive ketones (excluding diaryl/α,β-unsaturated/α-hetero) is 1. The number of aryl methyl sites for hydroxylation is 2. The lowest BCUT2D eigenvalue weighted by Crippen LogP contribution is -2.18. The van der Waals surface area contributed by atoms with Crippen molar-refractivity contribution in [3.05, 3.63) is 70.3 Å². The molecule has 100 valence electrons. The van der Waals surface area contributed by atoms with Crippen LogP contribution in [0.1, 0.15) is 27.0 Å². The Morgan fingerprint density at radius 1 is 1.10 bits per heavy atom. The Bertz CT molecular complexity index is 711. The van der Waals surface area contributed by atoms with E-state index in [9.17, 15) is 4.79 Å². The van der Waals surface area contributed by atoms with Crippen molar-refractivity contribution in [3.63, 3.8) is 0 Å². The number of hydrogen-bond donors (Lipinski definition) is 0. The molecule has 0 fully saturated rings. The van der Waals surface area contributed by atoms with E-state index in [4.69, 9.17) is 4.74 Å². The van der Waals surface area contributed by atoms with Crippen LogP contribution < -0.4 is 4.74 Å². The van der Waals surface area contributed by atoms with E-state index in [0.717, 1.165) is 5.56 Å². The van der Waals surface area contributed by atoms with E-state index in [2.05, 4.69) is 26.0 Å². The molecule has 1 heterocycles. The fraction of sp³-hybridized carbons (Fsp3) is 0.167. The highest BCUT2D eigenvalue weighted by Gasteiger charge is 2.22. The Labute approximate surface area is 118 Å². The molecular formula is C18H16O2. The van der Waals surface area contributed by atoms with Gasteiger partial charge in [-0.3, -0.25) is 4.79 Å². The number of benzene rings is 2. The fourth-order valence-electron chi connectivity index (χ4n) is 2.46. The summed E-state index contributed by atoms with van der Waals surface area (Å²) < 4.78 is 5.65. The first-order valence-corrected chi connectivity index (χ1v) is 6.69. The summed E-state index contributed by atoms with van der Waals surface area (Å²) >= 11 is 0. The van der Waals surface area contributed by atoms with Crippen molar-refractivity contribution in [1.82, 2.24) is 0 Å². The molecule has 2 heteroatoms. The lowest BCUT2D eigenvalue weighted by molar-refractivity contribution is 0.100. The van der Waals surface area contributed by atoms with Crippen molar-refractivity contribution >= 4 is 11.9 Å². The maximum atomic E-state index is 12.5. The van der Waals surface area contributed by atoms with Gasteiger partial charge in [-0.25, -0.2) is 0 Å². The van der Waals surface area contributed by atoms with Gasteiger partial charge in [0.25, 0.3) is 0 Å². The molecule has 0 atom stereocenters. The zero-order valence-electron chi connectivity index (χ0n) is 11.6. The van der Waals surface area contributed by atoms with Crippen LogP contribution >= 0.6 is 0 Å². The predicted octanol–water partition coefficient (Wildman–Crippen LogP) is 3.96. The van der Waals surface area contributed by atoms with E-state index in [1.54, 1.807) is 0 Å². The van der Waals surface area contributed by atoms with Crippen LogP contribution in [0.15, 0.2) is 48.0 Å². The molecule has 20 heavy (non-hydrogen) atoms. The van der Waals surface area contributed by atoms with Gasteiger partial charge in [-0.15, -0.1) is 0 Å². The zero-order valence-corrected chi connectivity index (χ0v) is 11.6. The molecule has 2 aromatic carbocycles. The summed E-state index contributed by atoms with van der Waals surface area (Å²) in [6.07, 6.45) is 1.94. The molecule has 0 bridgehead atoms. The van der Waals surface area contributed by atoms with Gasteiger partial charge in [-0.05, 0) is 43.2 Å². The fourth-order valence-corrected chi connectivity index (χ4v) is 2.46. The van der Waals surface area contributed by atoms with Crippen LogP contribution in [0.25, 0.3) is 6.08 Å². The van der Waals surface area contributed by atoms with Crippen LogP contribution in [0.4, 0.5) is 0 Å². The second-order valence-corrected chi connectivity index (χ2v) is 5.14. The molecule has 2 nitrogen and oxygen atoms in total. The zero-order chi connectivity index (χ0) is 14.1. The topological polar surface area (TPSA) is 26.3 Å². The molecule has 2 aromatic rings. The summed E-state index contributed by atoms with van der Waals surface area (Å²) in [6.45, 7) is 4.46. The minimum Gasteiger partial charge on any atom is -0.488 e. The van der Waals surface area contributed by atoms with Crippen molar-refractivity contribution in [3.8, 4) is 5.75 Å². The standard InChI is InChI=1S/C18H16O2/c1-12-7-8-14(13(2)9-12)10-15-11-20-17-6-4-3-5-16(17)18(15)19/h3-10H,11H2,1-2H3/b15-10+. The molecule has 0 spiro atoms. The van der Waals surface area contributed by atoms with Crippen molar-refractivity contribution in [2.24, 2.45) is 0 Å². The first kappa shape index (κ1) is 12.7. The summed E-state index contributed by atoms with van der Waals surface area (Å²) in [5.74, 6) is 0.738.